The zero-order chi connectivity index (χ0) is 26.9. The molecule has 12 heteroatoms. The van der Waals surface area contributed by atoms with E-state index in [2.05, 4.69) is 9.69 Å². The number of nitrogens with zero attached hydrogens (tertiary/aromatic N) is 2. The van der Waals surface area contributed by atoms with Gasteiger partial charge in [-0.2, -0.15) is 4.37 Å². The van der Waals surface area contributed by atoms with E-state index >= 15 is 0 Å². The average molecular weight is 526 g/mol. The van der Waals surface area contributed by atoms with Crippen LogP contribution in [0.15, 0.2) is 42.5 Å². The number of amides is 3. The first kappa shape index (κ1) is 25.8. The molecule has 194 valence electrons. The number of hydrogen-bond donors (Lipinski definition) is 3. The Morgan fingerprint density at radius 1 is 1.11 bits per heavy atom. The van der Waals surface area contributed by atoms with Gasteiger partial charge < -0.3 is 31.0 Å². The Kier molecular flexibility index (Phi) is 6.94. The number of anilines is 2. The molecule has 0 saturated carbocycles. The number of nitrogens with two attached hydrogens (primary N) is 2. The summed E-state index contributed by atoms with van der Waals surface area (Å²) in [5, 5.41) is 2.96. The highest BCUT2D eigenvalue weighted by atomic mass is 32.1. The van der Waals surface area contributed by atoms with Gasteiger partial charge in [0.1, 0.15) is 16.7 Å². The van der Waals surface area contributed by atoms with E-state index in [0.29, 0.717) is 28.5 Å². The van der Waals surface area contributed by atoms with Gasteiger partial charge in [-0.15, -0.1) is 0 Å². The van der Waals surface area contributed by atoms with Crippen molar-refractivity contribution in [1.82, 2.24) is 9.69 Å². The minimum absolute atomic E-state index is 0.0307. The lowest BCUT2D eigenvalue weighted by molar-refractivity contribution is -0.123. The Hall–Kier alpha value is -4.32. The van der Waals surface area contributed by atoms with Crippen LogP contribution in [0.2, 0.25) is 0 Å². The number of ether oxygens (including phenoxy) is 3. The van der Waals surface area contributed by atoms with Crippen LogP contribution in [0.5, 0.6) is 17.2 Å². The SMILES string of the molecule is COc1ccc(C(C(=O)NC(C)(C)C)N(C(=O)c2snc(C(N)=O)c2N)c2ccc3c(c2)OCO3)cc1. The number of methoxy groups -OCH3 is 1. The molecule has 0 radical (unpaired) electrons. The van der Waals surface area contributed by atoms with E-state index < -0.39 is 29.3 Å². The topological polar surface area (TPSA) is 159 Å². The van der Waals surface area contributed by atoms with Crippen molar-refractivity contribution in [3.8, 4) is 17.2 Å². The maximum Gasteiger partial charge on any atom is 0.273 e. The molecule has 37 heavy (non-hydrogen) atoms. The Morgan fingerprint density at radius 2 is 1.78 bits per heavy atom. The van der Waals surface area contributed by atoms with Crippen molar-refractivity contribution in [2.24, 2.45) is 5.73 Å². The first-order valence-corrected chi connectivity index (χ1v) is 12.0. The van der Waals surface area contributed by atoms with E-state index in [4.69, 9.17) is 25.7 Å². The van der Waals surface area contributed by atoms with Crippen molar-refractivity contribution in [2.45, 2.75) is 32.4 Å². The summed E-state index contributed by atoms with van der Waals surface area (Å²) in [6.07, 6.45) is 0. The maximum atomic E-state index is 14.1. The van der Waals surface area contributed by atoms with Crippen LogP contribution in [-0.2, 0) is 4.79 Å². The van der Waals surface area contributed by atoms with Crippen LogP contribution < -0.4 is 35.9 Å². The highest BCUT2D eigenvalue weighted by Crippen LogP contribution is 2.40. The Morgan fingerprint density at radius 3 is 2.38 bits per heavy atom. The lowest BCUT2D eigenvalue weighted by Crippen LogP contribution is -2.49. The minimum atomic E-state index is -1.14. The summed E-state index contributed by atoms with van der Waals surface area (Å²) in [6, 6.07) is 10.5. The third-order valence-corrected chi connectivity index (χ3v) is 6.30. The van der Waals surface area contributed by atoms with Crippen LogP contribution in [0, 0.1) is 0 Å². The van der Waals surface area contributed by atoms with Gasteiger partial charge >= 0.3 is 0 Å². The van der Waals surface area contributed by atoms with Crippen molar-refractivity contribution in [2.75, 3.05) is 24.5 Å². The van der Waals surface area contributed by atoms with Crippen LogP contribution in [0.3, 0.4) is 0 Å². The average Bonchev–Trinajstić information content (AvgIpc) is 3.47. The molecule has 11 nitrogen and oxygen atoms in total. The predicted molar refractivity (Wildman–Crippen MR) is 138 cm³/mol. The number of carbonyl (C=O) groups excluding carboxylic acids is 3. The normalized spacial score (nSPS) is 13.1. The number of carbonyl (C=O) groups is 3. The van der Waals surface area contributed by atoms with Gasteiger partial charge in [0.15, 0.2) is 17.2 Å². The molecule has 5 N–H and O–H groups in total. The van der Waals surface area contributed by atoms with Crippen LogP contribution in [0.4, 0.5) is 11.4 Å². The fraction of sp³-hybridized carbons (Fsp3) is 0.280. The molecule has 2 aromatic carbocycles. The molecule has 0 spiro atoms. The summed E-state index contributed by atoms with van der Waals surface area (Å²) in [4.78, 5) is 40.9. The highest BCUT2D eigenvalue weighted by Gasteiger charge is 2.37. The zero-order valence-electron chi connectivity index (χ0n) is 20.7. The van der Waals surface area contributed by atoms with E-state index in [1.165, 1.54) is 12.0 Å². The molecule has 4 rings (SSSR count). The molecule has 1 aliphatic rings. The van der Waals surface area contributed by atoms with Crippen molar-refractivity contribution < 1.29 is 28.6 Å². The van der Waals surface area contributed by atoms with Gasteiger partial charge in [-0.3, -0.25) is 19.3 Å². The molecule has 1 atom stereocenters. The summed E-state index contributed by atoms with van der Waals surface area (Å²) in [7, 11) is 1.53. The molecule has 0 fully saturated rings. The second-order valence-corrected chi connectivity index (χ2v) is 10.0. The van der Waals surface area contributed by atoms with Gasteiger partial charge in [0.25, 0.3) is 11.8 Å². The lowest BCUT2D eigenvalue weighted by Gasteiger charge is -2.33. The number of nitrogens with one attached hydrogen (secondary N) is 1. The van der Waals surface area contributed by atoms with Crippen molar-refractivity contribution in [1.29, 1.82) is 0 Å². The van der Waals surface area contributed by atoms with Crippen LogP contribution in [0.1, 0.15) is 52.5 Å². The molecule has 0 saturated heterocycles. The van der Waals surface area contributed by atoms with Gasteiger partial charge in [-0.1, -0.05) is 12.1 Å². The molecular formula is C25H27N5O6S. The molecule has 3 amide bonds. The predicted octanol–water partition coefficient (Wildman–Crippen LogP) is 2.86. The van der Waals surface area contributed by atoms with E-state index in [9.17, 15) is 14.4 Å². The monoisotopic (exact) mass is 525 g/mol. The largest absolute Gasteiger partial charge is 0.497 e. The molecular weight excluding hydrogens is 498 g/mol. The number of rotatable bonds is 7. The lowest BCUT2D eigenvalue weighted by atomic mass is 10.00. The summed E-state index contributed by atoms with van der Waals surface area (Å²) in [6.45, 7) is 5.54. The summed E-state index contributed by atoms with van der Waals surface area (Å²) < 4.78 is 20.2. The van der Waals surface area contributed by atoms with Crippen molar-refractivity contribution >= 4 is 40.6 Å². The van der Waals surface area contributed by atoms with E-state index in [1.54, 1.807) is 42.5 Å². The number of aromatic nitrogens is 1. The van der Waals surface area contributed by atoms with Crippen LogP contribution in [0.25, 0.3) is 0 Å². The first-order valence-electron chi connectivity index (χ1n) is 11.2. The smallest absolute Gasteiger partial charge is 0.273 e. The van der Waals surface area contributed by atoms with Crippen molar-refractivity contribution in [3.63, 3.8) is 0 Å². The molecule has 3 aromatic rings. The Balaban J connectivity index is 1.91. The van der Waals surface area contributed by atoms with E-state index in [-0.39, 0.29) is 23.1 Å². The van der Waals surface area contributed by atoms with E-state index in [1.807, 2.05) is 20.8 Å². The summed E-state index contributed by atoms with van der Waals surface area (Å²) >= 11 is 0.730. The third-order valence-electron chi connectivity index (χ3n) is 5.45. The molecule has 0 bridgehead atoms. The van der Waals surface area contributed by atoms with Gasteiger partial charge in [0.2, 0.25) is 12.7 Å². The van der Waals surface area contributed by atoms with Crippen LogP contribution in [-0.4, -0.2) is 41.5 Å². The second-order valence-electron chi connectivity index (χ2n) is 9.27. The molecule has 1 unspecified atom stereocenters. The van der Waals surface area contributed by atoms with Gasteiger partial charge in [0.05, 0.1) is 12.8 Å². The fourth-order valence-electron chi connectivity index (χ4n) is 3.80. The fourth-order valence-corrected chi connectivity index (χ4v) is 4.54. The number of benzene rings is 2. The molecule has 1 aliphatic heterocycles. The minimum Gasteiger partial charge on any atom is -0.497 e. The summed E-state index contributed by atoms with van der Waals surface area (Å²) in [5.41, 5.74) is 11.3. The Labute approximate surface area is 217 Å². The molecule has 0 aliphatic carbocycles. The number of nitrogen functional groups attached to an aromatic ring is 1. The maximum absolute atomic E-state index is 14.1. The quantitative estimate of drug-likeness (QED) is 0.425. The van der Waals surface area contributed by atoms with Gasteiger partial charge in [-0.25, -0.2) is 0 Å². The van der Waals surface area contributed by atoms with Gasteiger partial charge in [-0.05, 0) is 62.1 Å². The van der Waals surface area contributed by atoms with Gasteiger partial charge in [0, 0.05) is 17.3 Å². The van der Waals surface area contributed by atoms with Crippen molar-refractivity contribution in [3.05, 3.63) is 58.6 Å². The number of hydrogen-bond acceptors (Lipinski definition) is 9. The number of fused-ring (bicyclic) bond motifs is 1. The zero-order valence-corrected chi connectivity index (χ0v) is 21.5. The second kappa shape index (κ2) is 9.97. The highest BCUT2D eigenvalue weighted by molar-refractivity contribution is 7.09. The van der Waals surface area contributed by atoms with Crippen LogP contribution >= 0.6 is 11.5 Å². The third kappa shape index (κ3) is 5.28. The molecule has 2 heterocycles. The number of primary amides is 1. The standard InChI is InChI=1S/C25H27N5O6S/c1-25(2,3)28-23(32)20(13-5-8-15(34-4)9-6-13)30(14-7-10-16-17(11-14)36-12-35-16)24(33)21-18(26)19(22(27)31)29-37-21/h5-11,20H,12,26H2,1-4H3,(H2,27,31)(H,28,32). The van der Waals surface area contributed by atoms with E-state index in [0.717, 1.165) is 11.5 Å². The summed E-state index contributed by atoms with van der Waals surface area (Å²) in [5.74, 6) is -0.454. The molecule has 1 aromatic heterocycles. The first-order chi connectivity index (χ1) is 17.5. The Bertz CT molecular complexity index is 1350.